The van der Waals surface area contributed by atoms with Gasteiger partial charge in [-0.05, 0) is 23.3 Å². The summed E-state index contributed by atoms with van der Waals surface area (Å²) in [6.45, 7) is 2.36. The van der Waals surface area contributed by atoms with E-state index in [0.717, 1.165) is 11.1 Å². The topological polar surface area (TPSA) is 62.1 Å². The maximum absolute atomic E-state index is 10.8. The lowest BCUT2D eigenvalue weighted by atomic mass is 10.1. The van der Waals surface area contributed by atoms with Crippen molar-refractivity contribution in [3.8, 4) is 11.8 Å². The average molecular weight is 306 g/mol. The van der Waals surface area contributed by atoms with Crippen LogP contribution in [0.25, 0.3) is 6.08 Å². The molecule has 0 saturated heterocycles. The van der Waals surface area contributed by atoms with E-state index in [1.54, 1.807) is 6.07 Å². The lowest BCUT2D eigenvalue weighted by Gasteiger charge is -2.09. The predicted molar refractivity (Wildman–Crippen MR) is 89.6 cm³/mol. The summed E-state index contributed by atoms with van der Waals surface area (Å²) in [7, 11) is 0. The van der Waals surface area contributed by atoms with Gasteiger partial charge in [0.2, 0.25) is 5.91 Å². The van der Waals surface area contributed by atoms with Gasteiger partial charge in [0.25, 0.3) is 0 Å². The molecule has 0 aliphatic heterocycles. The Bertz CT molecular complexity index is 731. The van der Waals surface area contributed by atoms with Gasteiger partial charge in [-0.2, -0.15) is 5.26 Å². The maximum atomic E-state index is 10.8. The van der Waals surface area contributed by atoms with Crippen molar-refractivity contribution in [1.29, 1.82) is 5.26 Å². The van der Waals surface area contributed by atoms with Crippen LogP contribution in [0.4, 0.5) is 0 Å². The molecule has 2 rings (SSSR count). The van der Waals surface area contributed by atoms with E-state index in [0.29, 0.717) is 24.5 Å². The van der Waals surface area contributed by atoms with Gasteiger partial charge in [-0.1, -0.05) is 48.6 Å². The van der Waals surface area contributed by atoms with Gasteiger partial charge in [0.05, 0.1) is 5.56 Å². The van der Waals surface area contributed by atoms with Gasteiger partial charge in [0.15, 0.2) is 0 Å². The highest BCUT2D eigenvalue weighted by atomic mass is 16.5. The summed E-state index contributed by atoms with van der Waals surface area (Å²) in [5.74, 6) is 0.486. The molecule has 0 atom stereocenters. The molecule has 0 aliphatic carbocycles. The van der Waals surface area contributed by atoms with Crippen molar-refractivity contribution in [2.24, 2.45) is 0 Å². The first-order valence-corrected chi connectivity index (χ1v) is 7.31. The molecule has 23 heavy (non-hydrogen) atoms. The summed E-state index contributed by atoms with van der Waals surface area (Å²) in [5, 5.41) is 11.9. The number of benzene rings is 2. The SMILES string of the molecule is CC(=O)NCC=Cc1ccc(C#N)c(OCc2ccccc2)c1. The second kappa shape index (κ2) is 8.40. The standard InChI is InChI=1S/C19H18N2O2/c1-15(22)21-11-5-8-16-9-10-18(13-20)19(12-16)23-14-17-6-3-2-4-7-17/h2-10,12H,11,14H2,1H3,(H,21,22). The number of hydrogen-bond donors (Lipinski definition) is 1. The monoisotopic (exact) mass is 306 g/mol. The summed E-state index contributed by atoms with van der Waals surface area (Å²) in [6, 6.07) is 17.3. The molecule has 0 aromatic heterocycles. The molecule has 0 fully saturated rings. The number of nitrogens with one attached hydrogen (secondary N) is 1. The van der Waals surface area contributed by atoms with Crippen LogP contribution in [0.1, 0.15) is 23.6 Å². The van der Waals surface area contributed by atoms with Crippen LogP contribution in [-0.2, 0) is 11.4 Å². The molecule has 0 aliphatic rings. The molecule has 0 spiro atoms. The number of nitrogens with zero attached hydrogens (tertiary/aromatic N) is 1. The Kier molecular flexibility index (Phi) is 5.96. The predicted octanol–water partition coefficient (Wildman–Crippen LogP) is 3.29. The van der Waals surface area contributed by atoms with E-state index in [1.807, 2.05) is 54.6 Å². The Morgan fingerprint density at radius 3 is 2.74 bits per heavy atom. The summed E-state index contributed by atoms with van der Waals surface area (Å²) < 4.78 is 5.77. The van der Waals surface area contributed by atoms with Crippen molar-refractivity contribution in [3.05, 3.63) is 71.3 Å². The number of carbonyl (C=O) groups is 1. The molecule has 0 saturated carbocycles. The zero-order chi connectivity index (χ0) is 16.5. The molecule has 4 heteroatoms. The highest BCUT2D eigenvalue weighted by Crippen LogP contribution is 2.21. The van der Waals surface area contributed by atoms with Crippen LogP contribution in [0.3, 0.4) is 0 Å². The Hall–Kier alpha value is -3.06. The van der Waals surface area contributed by atoms with Gasteiger partial charge in [-0.15, -0.1) is 0 Å². The van der Waals surface area contributed by atoms with Crippen LogP contribution < -0.4 is 10.1 Å². The molecule has 0 heterocycles. The molecule has 116 valence electrons. The molecule has 0 unspecified atom stereocenters. The number of carbonyl (C=O) groups excluding carboxylic acids is 1. The van der Waals surface area contributed by atoms with E-state index in [4.69, 9.17) is 4.74 Å². The molecular weight excluding hydrogens is 288 g/mol. The smallest absolute Gasteiger partial charge is 0.217 e. The van der Waals surface area contributed by atoms with Crippen molar-refractivity contribution in [2.75, 3.05) is 6.54 Å². The summed E-state index contributed by atoms with van der Waals surface area (Å²) >= 11 is 0. The zero-order valence-corrected chi connectivity index (χ0v) is 13.0. The Labute approximate surface area is 136 Å². The largest absolute Gasteiger partial charge is 0.488 e. The lowest BCUT2D eigenvalue weighted by Crippen LogP contribution is -2.19. The maximum Gasteiger partial charge on any atom is 0.217 e. The number of rotatable bonds is 6. The molecule has 2 aromatic carbocycles. The first kappa shape index (κ1) is 16.3. The number of nitriles is 1. The van der Waals surface area contributed by atoms with E-state index in [1.165, 1.54) is 6.92 Å². The third-order valence-electron chi connectivity index (χ3n) is 3.14. The van der Waals surface area contributed by atoms with Gasteiger partial charge >= 0.3 is 0 Å². The first-order chi connectivity index (χ1) is 11.2. The minimum absolute atomic E-state index is 0.0682. The van der Waals surface area contributed by atoms with Crippen LogP contribution in [-0.4, -0.2) is 12.5 Å². The quantitative estimate of drug-likeness (QED) is 0.891. The van der Waals surface area contributed by atoms with Crippen LogP contribution in [0.5, 0.6) is 5.75 Å². The van der Waals surface area contributed by atoms with Gasteiger partial charge in [0, 0.05) is 13.5 Å². The van der Waals surface area contributed by atoms with Crippen molar-refractivity contribution in [3.63, 3.8) is 0 Å². The number of amides is 1. The number of ether oxygens (including phenoxy) is 1. The summed E-state index contributed by atoms with van der Waals surface area (Å²) in [4.78, 5) is 10.8. The van der Waals surface area contributed by atoms with Crippen molar-refractivity contribution in [2.45, 2.75) is 13.5 Å². The summed E-state index contributed by atoms with van der Waals surface area (Å²) in [6.07, 6.45) is 3.73. The molecule has 0 bridgehead atoms. The lowest BCUT2D eigenvalue weighted by molar-refractivity contribution is -0.118. The van der Waals surface area contributed by atoms with Gasteiger partial charge in [-0.25, -0.2) is 0 Å². The van der Waals surface area contributed by atoms with Crippen LogP contribution in [0, 0.1) is 11.3 Å². The Morgan fingerprint density at radius 2 is 2.04 bits per heavy atom. The fraction of sp³-hybridized carbons (Fsp3) is 0.158. The van der Waals surface area contributed by atoms with Gasteiger partial charge in [0.1, 0.15) is 18.4 Å². The molecule has 0 radical (unpaired) electrons. The molecule has 1 N–H and O–H groups in total. The molecular formula is C19H18N2O2. The van der Waals surface area contributed by atoms with Crippen LogP contribution >= 0.6 is 0 Å². The van der Waals surface area contributed by atoms with E-state index in [-0.39, 0.29) is 5.91 Å². The van der Waals surface area contributed by atoms with Gasteiger partial charge in [-0.3, -0.25) is 4.79 Å². The minimum atomic E-state index is -0.0682. The minimum Gasteiger partial charge on any atom is -0.488 e. The molecule has 1 amide bonds. The van der Waals surface area contributed by atoms with Crippen LogP contribution in [0.15, 0.2) is 54.6 Å². The fourth-order valence-electron chi connectivity index (χ4n) is 1.99. The second-order valence-corrected chi connectivity index (χ2v) is 4.98. The molecule has 4 nitrogen and oxygen atoms in total. The van der Waals surface area contributed by atoms with Gasteiger partial charge < -0.3 is 10.1 Å². The zero-order valence-electron chi connectivity index (χ0n) is 13.0. The second-order valence-electron chi connectivity index (χ2n) is 4.98. The highest BCUT2D eigenvalue weighted by molar-refractivity contribution is 5.73. The van der Waals surface area contributed by atoms with E-state index < -0.39 is 0 Å². The third-order valence-corrected chi connectivity index (χ3v) is 3.14. The van der Waals surface area contributed by atoms with Crippen molar-refractivity contribution < 1.29 is 9.53 Å². The molecule has 2 aromatic rings. The van der Waals surface area contributed by atoms with Crippen molar-refractivity contribution in [1.82, 2.24) is 5.32 Å². The van der Waals surface area contributed by atoms with E-state index >= 15 is 0 Å². The summed E-state index contributed by atoms with van der Waals surface area (Å²) in [5.41, 5.74) is 2.46. The first-order valence-electron chi connectivity index (χ1n) is 7.31. The van der Waals surface area contributed by atoms with E-state index in [9.17, 15) is 10.1 Å². The van der Waals surface area contributed by atoms with Crippen molar-refractivity contribution >= 4 is 12.0 Å². The number of hydrogen-bond acceptors (Lipinski definition) is 3. The normalized spacial score (nSPS) is 10.3. The third kappa shape index (κ3) is 5.33. The highest BCUT2D eigenvalue weighted by Gasteiger charge is 2.04. The average Bonchev–Trinajstić information content (AvgIpc) is 2.58. The Balaban J connectivity index is 2.06. The Morgan fingerprint density at radius 1 is 1.26 bits per heavy atom. The van der Waals surface area contributed by atoms with E-state index in [2.05, 4.69) is 11.4 Å². The fourth-order valence-corrected chi connectivity index (χ4v) is 1.99. The van der Waals surface area contributed by atoms with Crippen LogP contribution in [0.2, 0.25) is 0 Å².